The first-order valence-electron chi connectivity index (χ1n) is 5.02. The van der Waals surface area contributed by atoms with Crippen LogP contribution in [0.1, 0.15) is 6.92 Å². The van der Waals surface area contributed by atoms with E-state index < -0.39 is 12.0 Å². The minimum Gasteiger partial charge on any atom is -0.468 e. The average molecular weight is 248 g/mol. The van der Waals surface area contributed by atoms with Gasteiger partial charge in [-0.25, -0.2) is 0 Å². The Morgan fingerprint density at radius 1 is 1.38 bits per heavy atom. The SMILES string of the molecule is COC(=O)C(N)CSC[C@@H](C)C(=O)N(C)C. The number of methoxy groups -OCH3 is 1. The molecule has 0 saturated carbocycles. The highest BCUT2D eigenvalue weighted by Gasteiger charge is 2.17. The second-order valence-electron chi connectivity index (χ2n) is 3.80. The Kier molecular flexibility index (Phi) is 7.16. The van der Waals surface area contributed by atoms with Gasteiger partial charge >= 0.3 is 5.97 Å². The second-order valence-corrected chi connectivity index (χ2v) is 4.88. The third-order valence-electron chi connectivity index (χ3n) is 2.03. The quantitative estimate of drug-likeness (QED) is 0.667. The Balaban J connectivity index is 3.82. The van der Waals surface area contributed by atoms with Gasteiger partial charge in [0.15, 0.2) is 0 Å². The fourth-order valence-corrected chi connectivity index (χ4v) is 2.13. The third-order valence-corrected chi connectivity index (χ3v) is 3.36. The molecule has 0 aromatic heterocycles. The van der Waals surface area contributed by atoms with Gasteiger partial charge in [-0.1, -0.05) is 6.92 Å². The molecule has 0 aliphatic carbocycles. The van der Waals surface area contributed by atoms with E-state index >= 15 is 0 Å². The molecule has 16 heavy (non-hydrogen) atoms. The lowest BCUT2D eigenvalue weighted by molar-refractivity contribution is -0.141. The van der Waals surface area contributed by atoms with Crippen LogP contribution in [-0.4, -0.2) is 55.5 Å². The van der Waals surface area contributed by atoms with Crippen molar-refractivity contribution in [3.05, 3.63) is 0 Å². The van der Waals surface area contributed by atoms with E-state index in [1.54, 1.807) is 19.0 Å². The summed E-state index contributed by atoms with van der Waals surface area (Å²) >= 11 is 1.49. The van der Waals surface area contributed by atoms with E-state index in [9.17, 15) is 9.59 Å². The molecule has 1 amide bonds. The molecular formula is C10H20N2O3S. The van der Waals surface area contributed by atoms with E-state index in [4.69, 9.17) is 5.73 Å². The van der Waals surface area contributed by atoms with Gasteiger partial charge in [0.25, 0.3) is 0 Å². The second kappa shape index (κ2) is 7.51. The molecule has 94 valence electrons. The lowest BCUT2D eigenvalue weighted by Gasteiger charge is -2.17. The number of ether oxygens (including phenoxy) is 1. The van der Waals surface area contributed by atoms with Crippen LogP contribution in [0.5, 0.6) is 0 Å². The van der Waals surface area contributed by atoms with Crippen LogP contribution in [0.4, 0.5) is 0 Å². The number of carbonyl (C=O) groups excluding carboxylic acids is 2. The Morgan fingerprint density at radius 2 is 1.94 bits per heavy atom. The smallest absolute Gasteiger partial charge is 0.323 e. The molecule has 0 aromatic rings. The summed E-state index contributed by atoms with van der Waals surface area (Å²) in [7, 11) is 4.76. The molecule has 0 fully saturated rings. The molecule has 1 unspecified atom stereocenters. The van der Waals surface area contributed by atoms with Gasteiger partial charge in [0.1, 0.15) is 6.04 Å². The number of carbonyl (C=O) groups is 2. The first kappa shape index (κ1) is 15.2. The van der Waals surface area contributed by atoms with Crippen LogP contribution in [0.15, 0.2) is 0 Å². The van der Waals surface area contributed by atoms with Gasteiger partial charge in [-0.15, -0.1) is 0 Å². The summed E-state index contributed by atoms with van der Waals surface area (Å²) in [6, 6.07) is -0.614. The molecule has 5 nitrogen and oxygen atoms in total. The van der Waals surface area contributed by atoms with Crippen molar-refractivity contribution in [1.82, 2.24) is 4.90 Å². The van der Waals surface area contributed by atoms with Gasteiger partial charge < -0.3 is 15.4 Å². The first-order chi connectivity index (χ1) is 7.40. The molecule has 0 heterocycles. The van der Waals surface area contributed by atoms with E-state index in [1.165, 1.54) is 18.9 Å². The summed E-state index contributed by atoms with van der Waals surface area (Å²) in [5, 5.41) is 0. The molecule has 0 aliphatic rings. The van der Waals surface area contributed by atoms with Crippen molar-refractivity contribution in [3.63, 3.8) is 0 Å². The lowest BCUT2D eigenvalue weighted by Crippen LogP contribution is -2.34. The highest BCUT2D eigenvalue weighted by Crippen LogP contribution is 2.11. The molecular weight excluding hydrogens is 228 g/mol. The van der Waals surface area contributed by atoms with Crippen LogP contribution < -0.4 is 5.73 Å². The normalized spacial score (nSPS) is 14.1. The lowest BCUT2D eigenvalue weighted by atomic mass is 10.2. The maximum atomic E-state index is 11.5. The van der Waals surface area contributed by atoms with E-state index in [1.807, 2.05) is 6.92 Å². The number of hydrogen-bond acceptors (Lipinski definition) is 5. The Morgan fingerprint density at radius 3 is 2.38 bits per heavy atom. The van der Waals surface area contributed by atoms with Crippen molar-refractivity contribution in [2.45, 2.75) is 13.0 Å². The molecule has 0 rings (SSSR count). The maximum absolute atomic E-state index is 11.5. The minimum atomic E-state index is -0.614. The number of nitrogens with two attached hydrogens (primary N) is 1. The predicted octanol–water partition coefficient (Wildman–Crippen LogP) is -0.0558. The van der Waals surface area contributed by atoms with Gasteiger partial charge in [-0.05, 0) is 0 Å². The number of amides is 1. The van der Waals surface area contributed by atoms with Crippen molar-refractivity contribution >= 4 is 23.6 Å². The highest BCUT2D eigenvalue weighted by atomic mass is 32.2. The van der Waals surface area contributed by atoms with Gasteiger partial charge in [0.05, 0.1) is 7.11 Å². The van der Waals surface area contributed by atoms with Crippen molar-refractivity contribution < 1.29 is 14.3 Å². The summed E-state index contributed by atoms with van der Waals surface area (Å²) in [6.45, 7) is 1.86. The molecule has 0 aromatic carbocycles. The zero-order valence-electron chi connectivity index (χ0n) is 10.2. The molecule has 2 N–H and O–H groups in total. The first-order valence-corrected chi connectivity index (χ1v) is 6.18. The summed E-state index contributed by atoms with van der Waals surface area (Å²) in [6.07, 6.45) is 0. The third kappa shape index (κ3) is 5.37. The Labute approximate surface area is 101 Å². The largest absolute Gasteiger partial charge is 0.468 e. The number of hydrogen-bond donors (Lipinski definition) is 1. The average Bonchev–Trinajstić information content (AvgIpc) is 2.26. The zero-order chi connectivity index (χ0) is 12.7. The fraction of sp³-hybridized carbons (Fsp3) is 0.800. The standard InChI is InChI=1S/C10H20N2O3S/c1-7(9(13)12(2)3)5-16-6-8(11)10(14)15-4/h7-8H,5-6,11H2,1-4H3/t7-,8?/m1/s1. The Bertz CT molecular complexity index is 246. The molecule has 0 aliphatic heterocycles. The van der Waals surface area contributed by atoms with Gasteiger partial charge in [0.2, 0.25) is 5.91 Å². The summed E-state index contributed by atoms with van der Waals surface area (Å²) in [5.74, 6) is 0.725. The van der Waals surface area contributed by atoms with Crippen LogP contribution in [0, 0.1) is 5.92 Å². The zero-order valence-corrected chi connectivity index (χ0v) is 11.0. The fourth-order valence-electron chi connectivity index (χ4n) is 1.10. The van der Waals surface area contributed by atoms with Crippen LogP contribution in [-0.2, 0) is 14.3 Å². The maximum Gasteiger partial charge on any atom is 0.323 e. The van der Waals surface area contributed by atoms with Gasteiger partial charge in [0, 0.05) is 31.5 Å². The van der Waals surface area contributed by atoms with Crippen LogP contribution in [0.3, 0.4) is 0 Å². The van der Waals surface area contributed by atoms with Crippen molar-refractivity contribution in [2.75, 3.05) is 32.7 Å². The number of nitrogens with zero attached hydrogens (tertiary/aromatic N) is 1. The summed E-state index contributed by atoms with van der Waals surface area (Å²) in [5.41, 5.74) is 5.56. The van der Waals surface area contributed by atoms with Crippen LogP contribution >= 0.6 is 11.8 Å². The van der Waals surface area contributed by atoms with Crippen LogP contribution in [0.2, 0.25) is 0 Å². The summed E-state index contributed by atoms with van der Waals surface area (Å²) in [4.78, 5) is 24.1. The summed E-state index contributed by atoms with van der Waals surface area (Å²) < 4.78 is 4.50. The van der Waals surface area contributed by atoms with E-state index in [0.29, 0.717) is 11.5 Å². The molecule has 6 heteroatoms. The van der Waals surface area contributed by atoms with Crippen molar-refractivity contribution in [1.29, 1.82) is 0 Å². The van der Waals surface area contributed by atoms with E-state index in [2.05, 4.69) is 4.74 Å². The number of thioether (sulfide) groups is 1. The Hall–Kier alpha value is -0.750. The molecule has 0 bridgehead atoms. The van der Waals surface area contributed by atoms with Crippen molar-refractivity contribution in [2.24, 2.45) is 11.7 Å². The number of rotatable bonds is 6. The van der Waals surface area contributed by atoms with Crippen LogP contribution in [0.25, 0.3) is 0 Å². The topological polar surface area (TPSA) is 72.6 Å². The molecule has 2 atom stereocenters. The van der Waals surface area contributed by atoms with E-state index in [-0.39, 0.29) is 11.8 Å². The molecule has 0 radical (unpaired) electrons. The van der Waals surface area contributed by atoms with Gasteiger partial charge in [-0.2, -0.15) is 11.8 Å². The van der Waals surface area contributed by atoms with Gasteiger partial charge in [-0.3, -0.25) is 9.59 Å². The highest BCUT2D eigenvalue weighted by molar-refractivity contribution is 7.99. The number of esters is 1. The van der Waals surface area contributed by atoms with Crippen molar-refractivity contribution in [3.8, 4) is 0 Å². The van der Waals surface area contributed by atoms with E-state index in [0.717, 1.165) is 0 Å². The minimum absolute atomic E-state index is 0.0650. The predicted molar refractivity (Wildman–Crippen MR) is 65.2 cm³/mol. The monoisotopic (exact) mass is 248 g/mol. The molecule has 0 saturated heterocycles. The molecule has 0 spiro atoms.